The van der Waals surface area contributed by atoms with E-state index in [9.17, 15) is 9.90 Å². The molecule has 0 saturated heterocycles. The number of hydrogen-bond donors (Lipinski definition) is 3. The van der Waals surface area contributed by atoms with Gasteiger partial charge in [-0.3, -0.25) is 19.3 Å². The van der Waals surface area contributed by atoms with Gasteiger partial charge >= 0.3 is 0 Å². The Balaban J connectivity index is 1.80. The molecule has 0 fully saturated rings. The average molecular weight is 370 g/mol. The van der Waals surface area contributed by atoms with Crippen LogP contribution in [0.15, 0.2) is 40.2 Å². The molecule has 0 aliphatic rings. The number of rotatable bonds is 6. The van der Waals surface area contributed by atoms with E-state index in [0.29, 0.717) is 6.54 Å². The van der Waals surface area contributed by atoms with Gasteiger partial charge in [-0.25, -0.2) is 0 Å². The first-order chi connectivity index (χ1) is 12.5. The highest BCUT2D eigenvalue weighted by molar-refractivity contribution is 7.71. The van der Waals surface area contributed by atoms with E-state index < -0.39 is 5.56 Å². The summed E-state index contributed by atoms with van der Waals surface area (Å²) in [5, 5.41) is 11.6. The van der Waals surface area contributed by atoms with Crippen molar-refractivity contribution in [3.8, 4) is 5.88 Å². The van der Waals surface area contributed by atoms with Crippen molar-refractivity contribution in [1.82, 2.24) is 14.5 Å². The number of nitrogens with zero attached hydrogens (tertiary/aromatic N) is 2. The molecule has 0 amide bonds. The Hall–Kier alpha value is -2.67. The van der Waals surface area contributed by atoms with Crippen LogP contribution in [-0.4, -0.2) is 32.4 Å². The third-order valence-electron chi connectivity index (χ3n) is 4.59. The molecule has 3 N–H and O–H groups in total. The van der Waals surface area contributed by atoms with Gasteiger partial charge in [0.05, 0.1) is 0 Å². The van der Waals surface area contributed by atoms with Crippen molar-refractivity contribution >= 4 is 29.3 Å². The molecule has 2 aromatic heterocycles. The lowest BCUT2D eigenvalue weighted by Crippen LogP contribution is -2.20. The Labute approximate surface area is 156 Å². The number of aromatic nitrogens is 3. The van der Waals surface area contributed by atoms with Gasteiger partial charge in [0.2, 0.25) is 5.88 Å². The normalized spacial score (nSPS) is 12.8. The van der Waals surface area contributed by atoms with Gasteiger partial charge in [0.15, 0.2) is 4.77 Å². The number of aromatic hydroxyl groups is 1. The molecule has 3 rings (SSSR count). The second-order valence-electron chi connectivity index (χ2n) is 6.27. The second-order valence-corrected chi connectivity index (χ2v) is 6.66. The van der Waals surface area contributed by atoms with E-state index in [0.717, 1.165) is 18.4 Å². The molecule has 3 aromatic rings. The lowest BCUT2D eigenvalue weighted by molar-refractivity contribution is 0.371. The summed E-state index contributed by atoms with van der Waals surface area (Å²) in [4.78, 5) is 22.3. The van der Waals surface area contributed by atoms with E-state index >= 15 is 0 Å². The van der Waals surface area contributed by atoms with Crippen LogP contribution in [0.25, 0.3) is 10.9 Å². The monoisotopic (exact) mass is 370 g/mol. The summed E-state index contributed by atoms with van der Waals surface area (Å²) in [6.07, 6.45) is 4.93. The molecule has 0 spiro atoms. The predicted octanol–water partition coefficient (Wildman–Crippen LogP) is 3.73. The van der Waals surface area contributed by atoms with E-state index in [1.54, 1.807) is 4.57 Å². The van der Waals surface area contributed by atoms with Crippen molar-refractivity contribution in [1.29, 1.82) is 0 Å². The number of benzene rings is 1. The number of fused-ring (bicyclic) bond motifs is 1. The van der Waals surface area contributed by atoms with Crippen molar-refractivity contribution in [2.24, 2.45) is 4.99 Å². The maximum Gasteiger partial charge on any atom is 0.264 e. The molecule has 0 bridgehead atoms. The van der Waals surface area contributed by atoms with Crippen LogP contribution in [0.2, 0.25) is 0 Å². The first-order valence-electron chi connectivity index (χ1n) is 8.65. The molecule has 1 unspecified atom stereocenters. The van der Waals surface area contributed by atoms with Crippen molar-refractivity contribution in [3.05, 3.63) is 56.7 Å². The largest absolute Gasteiger partial charge is 0.494 e. The maximum absolute atomic E-state index is 12.1. The summed E-state index contributed by atoms with van der Waals surface area (Å²) in [5.74, 6) is -0.135. The Morgan fingerprint density at radius 2 is 2.15 bits per heavy atom. The van der Waals surface area contributed by atoms with E-state index in [1.165, 1.54) is 17.2 Å². The Kier molecular flexibility index (Phi) is 5.37. The van der Waals surface area contributed by atoms with Crippen LogP contribution in [-0.2, 0) is 6.42 Å². The van der Waals surface area contributed by atoms with Crippen LogP contribution in [0, 0.1) is 4.77 Å². The van der Waals surface area contributed by atoms with E-state index in [4.69, 9.17) is 12.2 Å². The van der Waals surface area contributed by atoms with Gasteiger partial charge in [0.25, 0.3) is 5.56 Å². The highest BCUT2D eigenvalue weighted by atomic mass is 32.1. The first kappa shape index (κ1) is 18.1. The van der Waals surface area contributed by atoms with Crippen LogP contribution in [0.5, 0.6) is 5.88 Å². The van der Waals surface area contributed by atoms with Crippen LogP contribution in [0.3, 0.4) is 0 Å². The zero-order valence-electron chi connectivity index (χ0n) is 14.8. The zero-order valence-corrected chi connectivity index (χ0v) is 15.6. The molecule has 2 heterocycles. The molecule has 6 nitrogen and oxygen atoms in total. The number of nitrogens with one attached hydrogen (secondary N) is 2. The van der Waals surface area contributed by atoms with E-state index in [-0.39, 0.29) is 22.3 Å². The Bertz CT molecular complexity index is 1060. The highest BCUT2D eigenvalue weighted by Crippen LogP contribution is 2.20. The van der Waals surface area contributed by atoms with Gasteiger partial charge < -0.3 is 10.1 Å². The fraction of sp³-hybridized carbons (Fsp3) is 0.316. The van der Waals surface area contributed by atoms with Gasteiger partial charge in [-0.1, -0.05) is 25.1 Å². The fourth-order valence-electron chi connectivity index (χ4n) is 2.94. The van der Waals surface area contributed by atoms with Gasteiger partial charge in [-0.15, -0.1) is 0 Å². The lowest BCUT2D eigenvalue weighted by Gasteiger charge is -2.16. The van der Waals surface area contributed by atoms with Crippen LogP contribution in [0.1, 0.15) is 37.4 Å². The van der Waals surface area contributed by atoms with Crippen LogP contribution >= 0.6 is 12.2 Å². The summed E-state index contributed by atoms with van der Waals surface area (Å²) in [7, 11) is 0. The molecule has 136 valence electrons. The summed E-state index contributed by atoms with van der Waals surface area (Å²) >= 11 is 5.16. The number of aliphatic imine (C=N–C) groups is 1. The Morgan fingerprint density at radius 1 is 1.38 bits per heavy atom. The minimum absolute atomic E-state index is 0.0160. The van der Waals surface area contributed by atoms with E-state index in [1.807, 2.05) is 38.2 Å². The molecule has 1 aromatic carbocycles. The molecule has 0 saturated carbocycles. The molecule has 0 radical (unpaired) electrons. The molecule has 0 aliphatic heterocycles. The second kappa shape index (κ2) is 7.70. The Morgan fingerprint density at radius 3 is 2.92 bits per heavy atom. The summed E-state index contributed by atoms with van der Waals surface area (Å²) in [5.41, 5.74) is 1.98. The number of para-hydroxylation sites is 1. The standard InChI is InChI=1S/C19H22N4O2S/c1-3-12(2)23-18(25)15(17(24)22-19(23)26)11-20-9-8-13-10-21-16-7-5-4-6-14(13)16/h4-7,10-12,21,25H,3,8-9H2,1-2H3,(H,22,24,26). The third kappa shape index (κ3) is 3.48. The topological polar surface area (TPSA) is 86.2 Å². The first-order valence-corrected chi connectivity index (χ1v) is 9.06. The van der Waals surface area contributed by atoms with Crippen molar-refractivity contribution in [3.63, 3.8) is 0 Å². The van der Waals surface area contributed by atoms with Crippen molar-refractivity contribution < 1.29 is 5.11 Å². The number of H-pyrrole nitrogens is 2. The minimum atomic E-state index is -0.428. The molecule has 0 aliphatic carbocycles. The molecule has 26 heavy (non-hydrogen) atoms. The number of aromatic amines is 2. The molecular formula is C19H22N4O2S. The van der Waals surface area contributed by atoms with Gasteiger partial charge in [0, 0.05) is 35.9 Å². The van der Waals surface area contributed by atoms with Gasteiger partial charge in [0.1, 0.15) is 5.56 Å². The summed E-state index contributed by atoms with van der Waals surface area (Å²) in [6, 6.07) is 8.08. The zero-order chi connectivity index (χ0) is 18.7. The number of hydrogen-bond acceptors (Lipinski definition) is 4. The lowest BCUT2D eigenvalue weighted by atomic mass is 10.1. The van der Waals surface area contributed by atoms with Gasteiger partial charge in [-0.05, 0) is 43.6 Å². The smallest absolute Gasteiger partial charge is 0.264 e. The minimum Gasteiger partial charge on any atom is -0.494 e. The van der Waals surface area contributed by atoms with E-state index in [2.05, 4.69) is 21.0 Å². The van der Waals surface area contributed by atoms with Crippen LogP contribution in [0.4, 0.5) is 0 Å². The summed E-state index contributed by atoms with van der Waals surface area (Å²) in [6.45, 7) is 4.44. The maximum atomic E-state index is 12.1. The molecule has 1 atom stereocenters. The van der Waals surface area contributed by atoms with Crippen molar-refractivity contribution in [2.45, 2.75) is 32.7 Å². The van der Waals surface area contributed by atoms with Crippen LogP contribution < -0.4 is 5.56 Å². The SMILES string of the molecule is CCC(C)n1c(O)c(C=NCCc2c[nH]c3ccccc23)c(=O)[nH]c1=S. The average Bonchev–Trinajstić information content (AvgIpc) is 3.03. The highest BCUT2D eigenvalue weighted by Gasteiger charge is 2.14. The van der Waals surface area contributed by atoms with Crippen molar-refractivity contribution in [2.75, 3.05) is 6.54 Å². The third-order valence-corrected chi connectivity index (χ3v) is 4.89. The predicted molar refractivity (Wildman–Crippen MR) is 107 cm³/mol. The quantitative estimate of drug-likeness (QED) is 0.456. The van der Waals surface area contributed by atoms with Gasteiger partial charge in [-0.2, -0.15) is 0 Å². The summed E-state index contributed by atoms with van der Waals surface area (Å²) < 4.78 is 1.77. The molecular weight excluding hydrogens is 348 g/mol. The fourth-order valence-corrected chi connectivity index (χ4v) is 3.30. The molecule has 7 heteroatoms.